The fourth-order valence-electron chi connectivity index (χ4n) is 2.44. The number of carbonyl (C=O) groups excluding carboxylic acids is 1. The molecule has 3 rings (SSSR count). The van der Waals surface area contributed by atoms with Crippen LogP contribution >= 0.6 is 11.8 Å². The van der Waals surface area contributed by atoms with E-state index in [1.807, 2.05) is 36.0 Å². The van der Waals surface area contributed by atoms with Gasteiger partial charge in [0.2, 0.25) is 5.91 Å². The molecule has 1 unspecified atom stereocenters. The number of thioether (sulfide) groups is 1. The first kappa shape index (κ1) is 14.0. The molecule has 0 aromatic heterocycles. The first-order chi connectivity index (χ1) is 10.2. The van der Waals surface area contributed by atoms with E-state index < -0.39 is 0 Å². The van der Waals surface area contributed by atoms with E-state index in [2.05, 4.69) is 29.6 Å². The molecule has 1 heterocycles. The van der Waals surface area contributed by atoms with Gasteiger partial charge in [0, 0.05) is 23.5 Å². The second kappa shape index (κ2) is 6.22. The third kappa shape index (κ3) is 3.22. The summed E-state index contributed by atoms with van der Waals surface area (Å²) in [5.41, 5.74) is 2.09. The largest absolute Gasteiger partial charge is 0.491 e. The van der Waals surface area contributed by atoms with Crippen LogP contribution in [0.5, 0.6) is 5.75 Å². The van der Waals surface area contributed by atoms with Crippen molar-refractivity contribution in [2.45, 2.75) is 17.7 Å². The van der Waals surface area contributed by atoms with Crippen molar-refractivity contribution in [1.82, 2.24) is 0 Å². The van der Waals surface area contributed by atoms with E-state index in [0.717, 1.165) is 17.2 Å². The molecule has 1 atom stereocenters. The van der Waals surface area contributed by atoms with Gasteiger partial charge in [-0.3, -0.25) is 4.79 Å². The molecule has 3 nitrogen and oxygen atoms in total. The van der Waals surface area contributed by atoms with Crippen LogP contribution in [-0.2, 0) is 4.79 Å². The van der Waals surface area contributed by atoms with Gasteiger partial charge < -0.3 is 10.1 Å². The summed E-state index contributed by atoms with van der Waals surface area (Å²) in [6.07, 6.45) is 0. The van der Waals surface area contributed by atoms with E-state index >= 15 is 0 Å². The van der Waals surface area contributed by atoms with Crippen molar-refractivity contribution in [2.24, 2.45) is 0 Å². The lowest BCUT2D eigenvalue weighted by atomic mass is 10.0. The number of ether oxygens (including phenoxy) is 1. The van der Waals surface area contributed by atoms with Crippen LogP contribution < -0.4 is 10.1 Å². The Kier molecular flexibility index (Phi) is 4.15. The molecule has 1 N–H and O–H groups in total. The molecule has 0 radical (unpaired) electrons. The summed E-state index contributed by atoms with van der Waals surface area (Å²) in [7, 11) is 0. The highest BCUT2D eigenvalue weighted by Gasteiger charge is 2.23. The Morgan fingerprint density at radius 1 is 1.24 bits per heavy atom. The summed E-state index contributed by atoms with van der Waals surface area (Å²) in [5.74, 6) is 2.08. The minimum absolute atomic E-state index is 0.0900. The van der Waals surface area contributed by atoms with E-state index in [4.69, 9.17) is 4.74 Å². The number of rotatable bonds is 4. The third-order valence-corrected chi connectivity index (χ3v) is 4.69. The lowest BCUT2D eigenvalue weighted by molar-refractivity contribution is -0.114. The highest BCUT2D eigenvalue weighted by molar-refractivity contribution is 7.99. The minimum atomic E-state index is -0.0900. The molecule has 2 aromatic rings. The van der Waals surface area contributed by atoms with Crippen LogP contribution in [0.4, 0.5) is 5.69 Å². The Bertz CT molecular complexity index is 657. The van der Waals surface area contributed by atoms with Crippen LogP contribution in [0.3, 0.4) is 0 Å². The summed E-state index contributed by atoms with van der Waals surface area (Å²) in [6, 6.07) is 16.0. The number of fused-ring (bicyclic) bond motifs is 1. The Balaban J connectivity index is 1.70. The van der Waals surface area contributed by atoms with Crippen molar-refractivity contribution in [3.05, 3.63) is 54.1 Å². The van der Waals surface area contributed by atoms with E-state index in [9.17, 15) is 4.79 Å². The Hall–Kier alpha value is -1.94. The molecule has 21 heavy (non-hydrogen) atoms. The van der Waals surface area contributed by atoms with Crippen molar-refractivity contribution in [3.8, 4) is 5.75 Å². The fourth-order valence-corrected chi connectivity index (χ4v) is 3.68. The Morgan fingerprint density at radius 3 is 2.86 bits per heavy atom. The summed E-state index contributed by atoms with van der Waals surface area (Å²) >= 11 is 1.88. The van der Waals surface area contributed by atoms with Crippen LogP contribution in [0.25, 0.3) is 0 Å². The number of carbonyl (C=O) groups is 1. The maximum atomic E-state index is 11.2. The van der Waals surface area contributed by atoms with Crippen molar-refractivity contribution in [2.75, 3.05) is 17.7 Å². The summed E-state index contributed by atoms with van der Waals surface area (Å²) in [4.78, 5) is 12.6. The first-order valence-corrected chi connectivity index (χ1v) is 7.94. The zero-order chi connectivity index (χ0) is 14.7. The van der Waals surface area contributed by atoms with Gasteiger partial charge in [-0.2, -0.15) is 0 Å². The molecule has 0 bridgehead atoms. The lowest BCUT2D eigenvalue weighted by Crippen LogP contribution is -2.12. The highest BCUT2D eigenvalue weighted by atomic mass is 32.2. The standard InChI is InChI=1S/C17H17NO2S/c1-12(19)18-15-7-3-4-8-16(15)20-10-13-11-21-17-9-5-2-6-14(13)17/h2-9,13H,10-11H2,1H3,(H,18,19). The van der Waals surface area contributed by atoms with Gasteiger partial charge in [-0.1, -0.05) is 30.3 Å². The zero-order valence-corrected chi connectivity index (χ0v) is 12.7. The van der Waals surface area contributed by atoms with Gasteiger partial charge in [0.1, 0.15) is 5.75 Å². The summed E-state index contributed by atoms with van der Waals surface area (Å²) < 4.78 is 5.95. The normalized spacial score (nSPS) is 16.3. The Labute approximate surface area is 128 Å². The molecule has 1 aliphatic rings. The van der Waals surface area contributed by atoms with Gasteiger partial charge in [0.25, 0.3) is 0 Å². The van der Waals surface area contributed by atoms with Crippen molar-refractivity contribution >= 4 is 23.4 Å². The molecule has 0 aliphatic carbocycles. The second-order valence-electron chi connectivity index (χ2n) is 5.03. The van der Waals surface area contributed by atoms with E-state index in [1.54, 1.807) is 0 Å². The molecule has 0 fully saturated rings. The van der Waals surface area contributed by atoms with Gasteiger partial charge in [-0.15, -0.1) is 11.8 Å². The minimum Gasteiger partial charge on any atom is -0.491 e. The lowest BCUT2D eigenvalue weighted by Gasteiger charge is -2.15. The molecule has 2 aromatic carbocycles. The maximum absolute atomic E-state index is 11.2. The monoisotopic (exact) mass is 299 g/mol. The van der Waals surface area contributed by atoms with Crippen LogP contribution in [0.1, 0.15) is 18.4 Å². The van der Waals surface area contributed by atoms with Crippen LogP contribution in [0, 0.1) is 0 Å². The van der Waals surface area contributed by atoms with Crippen molar-refractivity contribution in [1.29, 1.82) is 0 Å². The van der Waals surface area contributed by atoms with Crippen molar-refractivity contribution < 1.29 is 9.53 Å². The van der Waals surface area contributed by atoms with Crippen molar-refractivity contribution in [3.63, 3.8) is 0 Å². The smallest absolute Gasteiger partial charge is 0.221 e. The predicted octanol–water partition coefficient (Wildman–Crippen LogP) is 3.91. The number of nitrogens with one attached hydrogen (secondary N) is 1. The Morgan fingerprint density at radius 2 is 2.00 bits per heavy atom. The zero-order valence-electron chi connectivity index (χ0n) is 11.8. The number of anilines is 1. The summed E-state index contributed by atoms with van der Waals surface area (Å²) in [6.45, 7) is 2.13. The quantitative estimate of drug-likeness (QED) is 0.930. The molecule has 108 valence electrons. The SMILES string of the molecule is CC(=O)Nc1ccccc1OCC1CSc2ccccc21. The molecule has 0 spiro atoms. The van der Waals surface area contributed by atoms with Gasteiger partial charge in [-0.25, -0.2) is 0 Å². The average molecular weight is 299 g/mol. The van der Waals surface area contributed by atoms with Crippen LogP contribution in [0.2, 0.25) is 0 Å². The van der Waals surface area contributed by atoms with E-state index in [0.29, 0.717) is 12.5 Å². The average Bonchev–Trinajstić information content (AvgIpc) is 2.89. The number of benzene rings is 2. The molecule has 0 saturated heterocycles. The third-order valence-electron chi connectivity index (χ3n) is 3.44. The number of hydrogen-bond donors (Lipinski definition) is 1. The van der Waals surface area contributed by atoms with Crippen LogP contribution in [-0.4, -0.2) is 18.3 Å². The van der Waals surface area contributed by atoms with Gasteiger partial charge in [0.15, 0.2) is 0 Å². The molecule has 1 amide bonds. The van der Waals surface area contributed by atoms with E-state index in [-0.39, 0.29) is 5.91 Å². The first-order valence-electron chi connectivity index (χ1n) is 6.95. The highest BCUT2D eigenvalue weighted by Crippen LogP contribution is 2.39. The topological polar surface area (TPSA) is 38.3 Å². The number of para-hydroxylation sites is 2. The molecular formula is C17H17NO2S. The van der Waals surface area contributed by atoms with Gasteiger partial charge in [-0.05, 0) is 23.8 Å². The van der Waals surface area contributed by atoms with E-state index in [1.165, 1.54) is 17.4 Å². The molecule has 4 heteroatoms. The number of hydrogen-bond acceptors (Lipinski definition) is 3. The van der Waals surface area contributed by atoms with Gasteiger partial charge >= 0.3 is 0 Å². The van der Waals surface area contributed by atoms with Gasteiger partial charge in [0.05, 0.1) is 12.3 Å². The molecule has 0 saturated carbocycles. The fraction of sp³-hybridized carbons (Fsp3) is 0.235. The number of amides is 1. The maximum Gasteiger partial charge on any atom is 0.221 e. The second-order valence-corrected chi connectivity index (χ2v) is 6.10. The predicted molar refractivity (Wildman–Crippen MR) is 86.1 cm³/mol. The molecule has 1 aliphatic heterocycles. The van der Waals surface area contributed by atoms with Crippen LogP contribution in [0.15, 0.2) is 53.4 Å². The summed E-state index contributed by atoms with van der Waals surface area (Å²) in [5, 5.41) is 2.80. The molecular weight excluding hydrogens is 282 g/mol.